The zero-order valence-electron chi connectivity index (χ0n) is 25.4. The molecule has 0 aliphatic carbocycles. The van der Waals surface area contributed by atoms with Gasteiger partial charge in [-0.2, -0.15) is 12.7 Å². The van der Waals surface area contributed by atoms with E-state index in [1.54, 1.807) is 6.07 Å². The zero-order valence-corrected chi connectivity index (χ0v) is 27.6. The average Bonchev–Trinajstić information content (AvgIpc) is 3.58. The van der Waals surface area contributed by atoms with Gasteiger partial charge in [-0.05, 0) is 53.4 Å². The van der Waals surface area contributed by atoms with Crippen LogP contribution in [0.2, 0.25) is 0 Å². The minimum Gasteiger partial charge on any atom is -0.510 e. The topological polar surface area (TPSA) is 37.9 Å². The standard InChI is InChI=1S/C38H30N5O.Pt/c1-38(2,3)27-17-18-40-37(19-27)43-34-14-10-9-13-32(34)33-16-15-30(23-35(33)43)44-31-21-28(39-4)20-29(22-31)42-24-36(41(5)25-42)26-11-7-6-8-12-26;/h6-21,24-25H,1-3,5H3;/q-3;. The molecule has 0 spiro atoms. The van der Waals surface area contributed by atoms with E-state index < -0.39 is 0 Å². The van der Waals surface area contributed by atoms with Crippen LogP contribution in [0.25, 0.3) is 38.2 Å². The average molecular weight is 768 g/mol. The molecule has 226 valence electrons. The SMILES string of the molecule is [C-]#[N+]c1cc(Oc2[c-]c3c(cc2)c2ccccc2n3-c2cc(C(C)(C)C)ccn2)[c-]c(N2C=C(c3ccccc3)N(C)[CH-]2)c1.[Pt]. The van der Waals surface area contributed by atoms with Crippen LogP contribution in [0.15, 0.2) is 103 Å². The van der Waals surface area contributed by atoms with Crippen molar-refractivity contribution >= 4 is 38.9 Å². The summed E-state index contributed by atoms with van der Waals surface area (Å²) < 4.78 is 8.51. The molecule has 0 fully saturated rings. The van der Waals surface area contributed by atoms with Crippen LogP contribution < -0.4 is 9.64 Å². The van der Waals surface area contributed by atoms with Gasteiger partial charge in [-0.3, -0.25) is 4.85 Å². The summed E-state index contributed by atoms with van der Waals surface area (Å²) in [6.45, 7) is 16.3. The molecule has 0 unspecified atom stereocenters. The maximum Gasteiger partial charge on any atom is 0.135 e. The molecule has 6 aromatic rings. The van der Waals surface area contributed by atoms with Crippen molar-refractivity contribution in [1.82, 2.24) is 14.5 Å². The number of rotatable bonds is 5. The van der Waals surface area contributed by atoms with E-state index in [9.17, 15) is 0 Å². The Bertz CT molecular complexity index is 2100. The predicted molar refractivity (Wildman–Crippen MR) is 177 cm³/mol. The monoisotopic (exact) mass is 767 g/mol. The van der Waals surface area contributed by atoms with Gasteiger partial charge in [0, 0.05) is 50.0 Å². The number of aromatic nitrogens is 2. The molecule has 0 saturated heterocycles. The minimum atomic E-state index is -0.0193. The number of nitrogens with zero attached hydrogens (tertiary/aromatic N) is 5. The molecule has 2 aromatic heterocycles. The maximum atomic E-state index is 7.74. The second-order valence-electron chi connectivity index (χ2n) is 11.9. The Kier molecular flexibility index (Phi) is 7.99. The van der Waals surface area contributed by atoms with E-state index in [0.717, 1.165) is 38.9 Å². The van der Waals surface area contributed by atoms with Crippen molar-refractivity contribution in [3.63, 3.8) is 0 Å². The summed E-state index contributed by atoms with van der Waals surface area (Å²) in [5.74, 6) is 1.80. The van der Waals surface area contributed by atoms with Gasteiger partial charge >= 0.3 is 0 Å². The number of hydrogen-bond donors (Lipinski definition) is 0. The number of fused-ring (bicyclic) bond motifs is 3. The van der Waals surface area contributed by atoms with Crippen LogP contribution in [0.4, 0.5) is 11.4 Å². The maximum absolute atomic E-state index is 7.74. The first-order valence-corrected chi connectivity index (χ1v) is 14.5. The normalized spacial score (nSPS) is 13.1. The van der Waals surface area contributed by atoms with Gasteiger partial charge in [0.1, 0.15) is 5.82 Å². The molecule has 45 heavy (non-hydrogen) atoms. The Morgan fingerprint density at radius 2 is 1.64 bits per heavy atom. The largest absolute Gasteiger partial charge is 0.510 e. The fraction of sp³-hybridized carbons (Fsp3) is 0.132. The van der Waals surface area contributed by atoms with E-state index in [2.05, 4.69) is 89.7 Å². The molecule has 4 aromatic carbocycles. The summed E-state index contributed by atoms with van der Waals surface area (Å²) in [5.41, 5.74) is 6.43. The summed E-state index contributed by atoms with van der Waals surface area (Å²) in [7, 11) is 2.00. The number of anilines is 1. The van der Waals surface area contributed by atoms with Crippen molar-refractivity contribution in [1.29, 1.82) is 0 Å². The van der Waals surface area contributed by atoms with E-state index in [4.69, 9.17) is 16.3 Å². The molecule has 0 amide bonds. The summed E-state index contributed by atoms with van der Waals surface area (Å²) in [5, 5.41) is 2.18. The third-order valence-electron chi connectivity index (χ3n) is 7.85. The third-order valence-corrected chi connectivity index (χ3v) is 7.85. The zero-order chi connectivity index (χ0) is 30.4. The summed E-state index contributed by atoms with van der Waals surface area (Å²) in [6, 6.07) is 37.1. The third kappa shape index (κ3) is 5.72. The van der Waals surface area contributed by atoms with Crippen LogP contribution in [0, 0.1) is 25.4 Å². The molecule has 0 bridgehead atoms. The molecule has 7 heteroatoms. The summed E-state index contributed by atoms with van der Waals surface area (Å²) >= 11 is 0. The second kappa shape index (κ2) is 11.9. The molecule has 0 N–H and O–H groups in total. The molecule has 1 aliphatic rings. The van der Waals surface area contributed by atoms with Crippen LogP contribution in [-0.2, 0) is 26.5 Å². The fourth-order valence-corrected chi connectivity index (χ4v) is 5.59. The van der Waals surface area contributed by atoms with Gasteiger partial charge in [-0.25, -0.2) is 4.98 Å². The number of benzene rings is 4. The smallest absolute Gasteiger partial charge is 0.135 e. The van der Waals surface area contributed by atoms with Crippen LogP contribution in [0.3, 0.4) is 0 Å². The van der Waals surface area contributed by atoms with Crippen molar-refractivity contribution in [2.24, 2.45) is 0 Å². The Labute approximate surface area is 278 Å². The molecular weight excluding hydrogens is 738 g/mol. The Morgan fingerprint density at radius 3 is 2.42 bits per heavy atom. The molecular formula is C38H30N5OPt-3. The van der Waals surface area contributed by atoms with E-state index in [1.807, 2.05) is 73.5 Å². The van der Waals surface area contributed by atoms with Gasteiger partial charge in [0.2, 0.25) is 0 Å². The van der Waals surface area contributed by atoms with Crippen molar-refractivity contribution < 1.29 is 25.8 Å². The number of para-hydroxylation sites is 1. The first kappa shape index (κ1) is 30.2. The van der Waals surface area contributed by atoms with Gasteiger partial charge in [-0.15, -0.1) is 41.4 Å². The van der Waals surface area contributed by atoms with Gasteiger partial charge in [0.15, 0.2) is 0 Å². The summed E-state index contributed by atoms with van der Waals surface area (Å²) in [4.78, 5) is 12.5. The first-order valence-electron chi connectivity index (χ1n) is 14.5. The van der Waals surface area contributed by atoms with Crippen molar-refractivity contribution in [2.45, 2.75) is 26.2 Å². The molecule has 3 heterocycles. The Hall–Kier alpha value is -4.85. The molecule has 7 rings (SSSR count). The number of pyridine rings is 1. The summed E-state index contributed by atoms with van der Waals surface area (Å²) in [6.07, 6.45) is 3.90. The number of hydrogen-bond acceptors (Lipinski definition) is 4. The van der Waals surface area contributed by atoms with E-state index in [1.165, 1.54) is 5.56 Å². The van der Waals surface area contributed by atoms with Gasteiger partial charge in [-0.1, -0.05) is 74.8 Å². The van der Waals surface area contributed by atoms with Gasteiger partial charge in [0.25, 0.3) is 0 Å². The molecule has 6 nitrogen and oxygen atoms in total. The van der Waals surface area contributed by atoms with Gasteiger partial charge < -0.3 is 19.1 Å². The van der Waals surface area contributed by atoms with E-state index in [0.29, 0.717) is 22.9 Å². The van der Waals surface area contributed by atoms with Crippen LogP contribution >= 0.6 is 0 Å². The Morgan fingerprint density at radius 1 is 0.867 bits per heavy atom. The van der Waals surface area contributed by atoms with Crippen molar-refractivity contribution in [3.05, 3.63) is 145 Å². The first-order chi connectivity index (χ1) is 21.3. The quantitative estimate of drug-likeness (QED) is 0.164. The number of ether oxygens (including phenoxy) is 1. The Balaban J connectivity index is 0.00000357. The van der Waals surface area contributed by atoms with Crippen LogP contribution in [0.1, 0.15) is 31.9 Å². The predicted octanol–water partition coefficient (Wildman–Crippen LogP) is 9.29. The van der Waals surface area contributed by atoms with Crippen LogP contribution in [-0.4, -0.2) is 21.5 Å². The van der Waals surface area contributed by atoms with Crippen molar-refractivity contribution in [3.8, 4) is 17.3 Å². The molecule has 0 saturated carbocycles. The molecule has 0 radical (unpaired) electrons. The van der Waals surface area contributed by atoms with E-state index in [-0.39, 0.29) is 26.5 Å². The molecule has 0 atom stereocenters. The molecule has 1 aliphatic heterocycles. The van der Waals surface area contributed by atoms with E-state index >= 15 is 0 Å². The van der Waals surface area contributed by atoms with Gasteiger partial charge in [0.05, 0.1) is 12.3 Å². The van der Waals surface area contributed by atoms with Crippen molar-refractivity contribution in [2.75, 3.05) is 11.9 Å². The fourth-order valence-electron chi connectivity index (χ4n) is 5.59. The van der Waals surface area contributed by atoms with Crippen LogP contribution in [0.5, 0.6) is 11.5 Å². The second-order valence-corrected chi connectivity index (χ2v) is 11.9. The minimum absolute atomic E-state index is 0.